The van der Waals surface area contributed by atoms with Crippen LogP contribution < -0.4 is 15.2 Å². The molecule has 1 saturated heterocycles. The number of ether oxygens (including phenoxy) is 2. The van der Waals surface area contributed by atoms with E-state index in [0.717, 1.165) is 29.2 Å². The van der Waals surface area contributed by atoms with Crippen LogP contribution in [0.5, 0.6) is 11.5 Å². The van der Waals surface area contributed by atoms with Crippen molar-refractivity contribution in [1.82, 2.24) is 9.88 Å². The number of aryl methyl sites for hydroxylation is 1. The number of likely N-dealkylation sites (tertiary alicyclic amines) is 1. The molecule has 0 bridgehead atoms. The highest BCUT2D eigenvalue weighted by Gasteiger charge is 2.33. The van der Waals surface area contributed by atoms with E-state index in [9.17, 15) is 4.79 Å². The smallest absolute Gasteiger partial charge is 0.266 e. The number of carbonyl (C=O) groups is 1. The zero-order chi connectivity index (χ0) is 18.8. The van der Waals surface area contributed by atoms with Crippen molar-refractivity contribution in [3.8, 4) is 22.1 Å². The quantitative estimate of drug-likeness (QED) is 0.869. The van der Waals surface area contributed by atoms with Crippen molar-refractivity contribution >= 4 is 17.2 Å². The number of nitrogens with two attached hydrogens (primary N) is 1. The average Bonchev–Trinajstić information content (AvgIpc) is 3.23. The van der Waals surface area contributed by atoms with E-state index in [1.165, 1.54) is 11.3 Å². The van der Waals surface area contributed by atoms with Gasteiger partial charge < -0.3 is 20.1 Å². The van der Waals surface area contributed by atoms with Crippen molar-refractivity contribution in [2.45, 2.75) is 26.3 Å². The molecule has 1 aliphatic rings. The van der Waals surface area contributed by atoms with E-state index < -0.39 is 0 Å². The van der Waals surface area contributed by atoms with Gasteiger partial charge in [0, 0.05) is 18.2 Å². The second kappa shape index (κ2) is 7.63. The first-order chi connectivity index (χ1) is 12.5. The van der Waals surface area contributed by atoms with E-state index in [4.69, 9.17) is 15.2 Å². The molecular weight excluding hydrogens is 350 g/mol. The van der Waals surface area contributed by atoms with Gasteiger partial charge in [0.15, 0.2) is 11.5 Å². The minimum Gasteiger partial charge on any atom is -0.493 e. The summed E-state index contributed by atoms with van der Waals surface area (Å²) < 4.78 is 10.6. The summed E-state index contributed by atoms with van der Waals surface area (Å²) in [6, 6.07) is 5.87. The Morgan fingerprint density at radius 2 is 2.08 bits per heavy atom. The van der Waals surface area contributed by atoms with E-state index in [2.05, 4.69) is 11.9 Å². The molecule has 140 valence electrons. The van der Waals surface area contributed by atoms with Gasteiger partial charge >= 0.3 is 0 Å². The summed E-state index contributed by atoms with van der Waals surface area (Å²) in [6.07, 6.45) is 0.961. The van der Waals surface area contributed by atoms with Crippen molar-refractivity contribution in [2.24, 2.45) is 11.7 Å². The first-order valence-electron chi connectivity index (χ1n) is 8.69. The molecule has 0 radical (unpaired) electrons. The summed E-state index contributed by atoms with van der Waals surface area (Å²) in [6.45, 7) is 5.31. The van der Waals surface area contributed by atoms with Crippen molar-refractivity contribution in [3.05, 3.63) is 28.8 Å². The average molecular weight is 375 g/mol. The Bertz CT molecular complexity index is 805. The van der Waals surface area contributed by atoms with Crippen molar-refractivity contribution < 1.29 is 14.3 Å². The number of thiazole rings is 1. The molecule has 2 heterocycles. The third kappa shape index (κ3) is 3.41. The molecule has 2 N–H and O–H groups in total. The Kier molecular flexibility index (Phi) is 5.48. The monoisotopic (exact) mass is 375 g/mol. The molecule has 1 amide bonds. The Balaban J connectivity index is 1.89. The number of carbonyl (C=O) groups excluding carboxylic acids is 1. The molecule has 2 unspecified atom stereocenters. The van der Waals surface area contributed by atoms with Crippen LogP contribution in [0.4, 0.5) is 0 Å². The number of rotatable bonds is 5. The molecule has 2 atom stereocenters. The Labute approximate surface area is 157 Å². The van der Waals surface area contributed by atoms with Crippen LogP contribution in [0.3, 0.4) is 0 Å². The van der Waals surface area contributed by atoms with E-state index in [0.29, 0.717) is 28.8 Å². The SMILES string of the molecule is COc1ccc(-c2nc(C)c(C(=O)N3CC(CN)CC3C)s2)cc1OC. The van der Waals surface area contributed by atoms with Crippen molar-refractivity contribution in [2.75, 3.05) is 27.3 Å². The lowest BCUT2D eigenvalue weighted by Gasteiger charge is -2.20. The molecule has 1 aromatic heterocycles. The van der Waals surface area contributed by atoms with Gasteiger partial charge in [-0.1, -0.05) is 0 Å². The van der Waals surface area contributed by atoms with Crippen LogP contribution in [0.15, 0.2) is 18.2 Å². The van der Waals surface area contributed by atoms with Crippen molar-refractivity contribution in [1.29, 1.82) is 0 Å². The van der Waals surface area contributed by atoms with Crippen molar-refractivity contribution in [3.63, 3.8) is 0 Å². The van der Waals surface area contributed by atoms with Crippen LogP contribution in [0.2, 0.25) is 0 Å². The van der Waals surface area contributed by atoms with Gasteiger partial charge in [0.05, 0.1) is 19.9 Å². The first kappa shape index (κ1) is 18.7. The summed E-state index contributed by atoms with van der Waals surface area (Å²) in [4.78, 5) is 20.3. The van der Waals surface area contributed by atoms with Gasteiger partial charge in [0.1, 0.15) is 9.88 Å². The maximum Gasteiger partial charge on any atom is 0.266 e. The summed E-state index contributed by atoms with van der Waals surface area (Å²) >= 11 is 1.42. The highest BCUT2D eigenvalue weighted by atomic mass is 32.1. The highest BCUT2D eigenvalue weighted by Crippen LogP contribution is 2.36. The minimum atomic E-state index is 0.0511. The minimum absolute atomic E-state index is 0.0511. The Morgan fingerprint density at radius 1 is 1.35 bits per heavy atom. The van der Waals surface area contributed by atoms with Gasteiger partial charge in [-0.3, -0.25) is 4.79 Å². The number of nitrogens with zero attached hydrogens (tertiary/aromatic N) is 2. The fourth-order valence-corrected chi connectivity index (χ4v) is 4.43. The molecule has 7 heteroatoms. The Morgan fingerprint density at radius 3 is 2.69 bits per heavy atom. The molecule has 0 saturated carbocycles. The zero-order valence-electron chi connectivity index (χ0n) is 15.6. The molecule has 1 aliphatic heterocycles. The van der Waals surface area contributed by atoms with Crippen LogP contribution >= 0.6 is 11.3 Å². The van der Waals surface area contributed by atoms with Crippen LogP contribution in [-0.4, -0.2) is 49.1 Å². The van der Waals surface area contributed by atoms with Gasteiger partial charge in [-0.2, -0.15) is 0 Å². The third-order valence-electron chi connectivity index (χ3n) is 4.88. The number of hydrogen-bond donors (Lipinski definition) is 1. The lowest BCUT2D eigenvalue weighted by Crippen LogP contribution is -2.34. The molecule has 2 aromatic rings. The predicted molar refractivity (Wildman–Crippen MR) is 103 cm³/mol. The van der Waals surface area contributed by atoms with Gasteiger partial charge in [0.2, 0.25) is 0 Å². The number of amides is 1. The molecule has 1 aromatic carbocycles. The number of aromatic nitrogens is 1. The van der Waals surface area contributed by atoms with Crippen LogP contribution in [-0.2, 0) is 0 Å². The van der Waals surface area contributed by atoms with Gasteiger partial charge in [-0.25, -0.2) is 4.98 Å². The maximum absolute atomic E-state index is 13.0. The fourth-order valence-electron chi connectivity index (χ4n) is 3.41. The summed E-state index contributed by atoms with van der Waals surface area (Å²) in [7, 11) is 3.21. The Hall–Kier alpha value is -2.12. The molecule has 0 aliphatic carbocycles. The number of methoxy groups -OCH3 is 2. The molecular formula is C19H25N3O3S. The lowest BCUT2D eigenvalue weighted by molar-refractivity contribution is 0.0747. The van der Waals surface area contributed by atoms with E-state index in [-0.39, 0.29) is 11.9 Å². The van der Waals surface area contributed by atoms with E-state index in [1.54, 1.807) is 14.2 Å². The number of benzene rings is 1. The lowest BCUT2D eigenvalue weighted by atomic mass is 10.1. The van der Waals surface area contributed by atoms with Gasteiger partial charge in [-0.05, 0) is 50.9 Å². The topological polar surface area (TPSA) is 77.7 Å². The van der Waals surface area contributed by atoms with Crippen LogP contribution in [0, 0.1) is 12.8 Å². The largest absolute Gasteiger partial charge is 0.493 e. The fraction of sp³-hybridized carbons (Fsp3) is 0.474. The van der Waals surface area contributed by atoms with Gasteiger partial charge in [0.25, 0.3) is 5.91 Å². The molecule has 26 heavy (non-hydrogen) atoms. The first-order valence-corrected chi connectivity index (χ1v) is 9.51. The second-order valence-corrected chi connectivity index (χ2v) is 7.65. The van der Waals surface area contributed by atoms with E-state index in [1.807, 2.05) is 30.0 Å². The van der Waals surface area contributed by atoms with Crippen LogP contribution in [0.1, 0.15) is 28.7 Å². The molecule has 0 spiro atoms. The maximum atomic E-state index is 13.0. The molecule has 1 fully saturated rings. The number of hydrogen-bond acceptors (Lipinski definition) is 6. The van der Waals surface area contributed by atoms with Crippen LogP contribution in [0.25, 0.3) is 10.6 Å². The summed E-state index contributed by atoms with van der Waals surface area (Å²) in [5, 5.41) is 0.800. The predicted octanol–water partition coefficient (Wildman–Crippen LogP) is 2.95. The van der Waals surface area contributed by atoms with Gasteiger partial charge in [-0.15, -0.1) is 11.3 Å². The molecule has 3 rings (SSSR count). The normalized spacial score (nSPS) is 19.7. The third-order valence-corrected chi connectivity index (χ3v) is 6.07. The standard InChI is InChI=1S/C19H25N3O3S/c1-11-7-13(9-20)10-22(11)19(23)17-12(2)21-18(26-17)14-5-6-15(24-3)16(8-14)25-4/h5-6,8,11,13H,7,9-10,20H2,1-4H3. The summed E-state index contributed by atoms with van der Waals surface area (Å²) in [5.74, 6) is 1.74. The van der Waals surface area contributed by atoms with E-state index >= 15 is 0 Å². The highest BCUT2D eigenvalue weighted by molar-refractivity contribution is 7.17. The molecule has 6 nitrogen and oxygen atoms in total. The zero-order valence-corrected chi connectivity index (χ0v) is 16.4. The second-order valence-electron chi connectivity index (χ2n) is 6.65. The summed E-state index contributed by atoms with van der Waals surface area (Å²) in [5.41, 5.74) is 7.45.